The molecule has 3 rings (SSSR count). The van der Waals surface area contributed by atoms with Gasteiger partial charge in [-0.2, -0.15) is 0 Å². The first kappa shape index (κ1) is 15.1. The molecule has 5 nitrogen and oxygen atoms in total. The van der Waals surface area contributed by atoms with Crippen LogP contribution in [0.2, 0.25) is 0 Å². The first-order valence-electron chi connectivity index (χ1n) is 7.47. The van der Waals surface area contributed by atoms with Crippen LogP contribution in [-0.4, -0.2) is 28.9 Å². The number of benzene rings is 2. The molecule has 2 aromatic rings. The molecule has 2 aromatic carbocycles. The highest BCUT2D eigenvalue weighted by molar-refractivity contribution is 5.98. The highest BCUT2D eigenvalue weighted by Crippen LogP contribution is 2.38. The monoisotopic (exact) mass is 310 g/mol. The molecule has 0 bridgehead atoms. The van der Waals surface area contributed by atoms with Gasteiger partial charge in [-0.15, -0.1) is 0 Å². The van der Waals surface area contributed by atoms with Gasteiger partial charge in [0.2, 0.25) is 11.8 Å². The number of phenols is 1. The number of aromatic hydroxyl groups is 1. The summed E-state index contributed by atoms with van der Waals surface area (Å²) in [6.07, 6.45) is 0.162. The molecule has 1 saturated heterocycles. The molecular weight excluding hydrogens is 292 g/mol. The van der Waals surface area contributed by atoms with Crippen LogP contribution < -0.4 is 5.32 Å². The van der Waals surface area contributed by atoms with Crippen molar-refractivity contribution in [3.8, 4) is 5.75 Å². The van der Waals surface area contributed by atoms with E-state index in [1.165, 1.54) is 6.07 Å². The molecule has 0 aliphatic carbocycles. The van der Waals surface area contributed by atoms with E-state index in [4.69, 9.17) is 0 Å². The molecule has 118 valence electrons. The second-order valence-electron chi connectivity index (χ2n) is 5.68. The van der Waals surface area contributed by atoms with Gasteiger partial charge in [0.25, 0.3) is 0 Å². The zero-order chi connectivity index (χ0) is 16.4. The van der Waals surface area contributed by atoms with Gasteiger partial charge < -0.3 is 15.3 Å². The third-order valence-corrected chi connectivity index (χ3v) is 4.23. The van der Waals surface area contributed by atoms with Crippen molar-refractivity contribution in [3.63, 3.8) is 0 Å². The summed E-state index contributed by atoms with van der Waals surface area (Å²) in [5.41, 5.74) is 1.28. The highest BCUT2D eigenvalue weighted by atomic mass is 16.3. The van der Waals surface area contributed by atoms with Crippen molar-refractivity contribution in [3.05, 3.63) is 60.2 Å². The summed E-state index contributed by atoms with van der Waals surface area (Å²) in [4.78, 5) is 26.3. The number of hydrogen-bond donors (Lipinski definition) is 2. The lowest BCUT2D eigenvalue weighted by atomic mass is 9.93. The number of rotatable bonds is 3. The number of anilines is 1. The van der Waals surface area contributed by atoms with Crippen LogP contribution in [0.4, 0.5) is 5.69 Å². The average molecular weight is 310 g/mol. The maximum absolute atomic E-state index is 12.6. The number of phenolic OH excluding ortho intramolecular Hbond substituents is 1. The number of hydrogen-bond acceptors (Lipinski definition) is 3. The Balaban J connectivity index is 1.86. The standard InChI is InChI=1S/C18H18N2O3/c1-20-16(22)11-13(17(20)12-7-3-2-4-8-12)18(23)19-14-9-5-6-10-15(14)21/h2-10,13,17,21H,11H2,1H3,(H,19,23)/t13-,17+/m1/s1. The largest absolute Gasteiger partial charge is 0.506 e. The lowest BCUT2D eigenvalue weighted by molar-refractivity contribution is -0.127. The number of amides is 2. The Labute approximate surface area is 134 Å². The predicted octanol–water partition coefficient (Wildman–Crippen LogP) is 2.55. The van der Waals surface area contributed by atoms with Gasteiger partial charge in [-0.3, -0.25) is 9.59 Å². The molecule has 0 saturated carbocycles. The Morgan fingerprint density at radius 3 is 2.48 bits per heavy atom. The first-order valence-corrected chi connectivity index (χ1v) is 7.47. The highest BCUT2D eigenvalue weighted by Gasteiger charge is 2.42. The van der Waals surface area contributed by atoms with Crippen molar-refractivity contribution in [2.75, 3.05) is 12.4 Å². The molecule has 1 aliphatic heterocycles. The van der Waals surface area contributed by atoms with E-state index in [0.29, 0.717) is 5.69 Å². The number of nitrogens with one attached hydrogen (secondary N) is 1. The van der Waals surface area contributed by atoms with E-state index in [9.17, 15) is 14.7 Å². The molecule has 2 amide bonds. The number of carbonyl (C=O) groups excluding carboxylic acids is 2. The van der Waals surface area contributed by atoms with Gasteiger partial charge in [0, 0.05) is 13.5 Å². The fourth-order valence-electron chi connectivity index (χ4n) is 3.02. The molecule has 0 spiro atoms. The van der Waals surface area contributed by atoms with E-state index >= 15 is 0 Å². The van der Waals surface area contributed by atoms with Crippen LogP contribution in [0.1, 0.15) is 18.0 Å². The van der Waals surface area contributed by atoms with Gasteiger partial charge in [0.15, 0.2) is 0 Å². The summed E-state index contributed by atoms with van der Waals surface area (Å²) in [7, 11) is 1.72. The van der Waals surface area contributed by atoms with Crippen LogP contribution in [0.15, 0.2) is 54.6 Å². The van der Waals surface area contributed by atoms with Crippen molar-refractivity contribution in [2.45, 2.75) is 12.5 Å². The number of carbonyl (C=O) groups is 2. The van der Waals surface area contributed by atoms with Crippen LogP contribution in [0.5, 0.6) is 5.75 Å². The zero-order valence-corrected chi connectivity index (χ0v) is 12.8. The smallest absolute Gasteiger partial charge is 0.230 e. The van der Waals surface area contributed by atoms with E-state index < -0.39 is 5.92 Å². The van der Waals surface area contributed by atoms with Crippen molar-refractivity contribution < 1.29 is 14.7 Å². The Morgan fingerprint density at radius 1 is 1.13 bits per heavy atom. The molecule has 2 N–H and O–H groups in total. The van der Waals surface area contributed by atoms with Crippen molar-refractivity contribution in [2.24, 2.45) is 5.92 Å². The van der Waals surface area contributed by atoms with Crippen molar-refractivity contribution in [1.29, 1.82) is 0 Å². The molecule has 1 heterocycles. The minimum atomic E-state index is -0.491. The van der Waals surface area contributed by atoms with Gasteiger partial charge in [0.05, 0.1) is 17.6 Å². The quantitative estimate of drug-likeness (QED) is 0.856. The SMILES string of the molecule is CN1C(=O)C[C@@H](C(=O)Nc2ccccc2O)[C@@H]1c1ccccc1. The summed E-state index contributed by atoms with van der Waals surface area (Å²) in [6.45, 7) is 0. The van der Waals surface area contributed by atoms with Gasteiger partial charge >= 0.3 is 0 Å². The average Bonchev–Trinajstić information content (AvgIpc) is 2.86. The van der Waals surface area contributed by atoms with Crippen LogP contribution >= 0.6 is 0 Å². The van der Waals surface area contributed by atoms with Gasteiger partial charge in [-0.05, 0) is 17.7 Å². The number of nitrogens with zero attached hydrogens (tertiary/aromatic N) is 1. The maximum Gasteiger partial charge on any atom is 0.230 e. The summed E-state index contributed by atoms with van der Waals surface area (Å²) in [6, 6.07) is 15.8. The molecule has 0 aromatic heterocycles. The Morgan fingerprint density at radius 2 is 1.78 bits per heavy atom. The Hall–Kier alpha value is -2.82. The topological polar surface area (TPSA) is 69.6 Å². The Bertz CT molecular complexity index is 730. The van der Waals surface area contributed by atoms with E-state index in [1.54, 1.807) is 30.1 Å². The fraction of sp³-hybridized carbons (Fsp3) is 0.222. The summed E-state index contributed by atoms with van der Waals surface area (Å²) in [5, 5.41) is 12.5. The third kappa shape index (κ3) is 2.90. The van der Waals surface area contributed by atoms with Crippen LogP contribution in [0.3, 0.4) is 0 Å². The Kier molecular flexibility index (Phi) is 4.02. The van der Waals surface area contributed by atoms with Crippen LogP contribution in [0.25, 0.3) is 0 Å². The van der Waals surface area contributed by atoms with E-state index in [1.807, 2.05) is 30.3 Å². The van der Waals surface area contributed by atoms with Crippen molar-refractivity contribution in [1.82, 2.24) is 4.90 Å². The zero-order valence-electron chi connectivity index (χ0n) is 12.8. The van der Waals surface area contributed by atoms with Crippen LogP contribution in [0, 0.1) is 5.92 Å². The van der Waals surface area contributed by atoms with E-state index in [0.717, 1.165) is 5.56 Å². The first-order chi connectivity index (χ1) is 11.1. The second kappa shape index (κ2) is 6.12. The summed E-state index contributed by atoms with van der Waals surface area (Å²) >= 11 is 0. The minimum absolute atomic E-state index is 0.00906. The van der Waals surface area contributed by atoms with Crippen molar-refractivity contribution >= 4 is 17.5 Å². The maximum atomic E-state index is 12.6. The second-order valence-corrected chi connectivity index (χ2v) is 5.68. The molecule has 0 unspecified atom stereocenters. The minimum Gasteiger partial charge on any atom is -0.506 e. The van der Waals surface area contributed by atoms with Gasteiger partial charge in [-0.25, -0.2) is 0 Å². The molecule has 2 atom stereocenters. The van der Waals surface area contributed by atoms with E-state index in [2.05, 4.69) is 5.32 Å². The summed E-state index contributed by atoms with van der Waals surface area (Å²) < 4.78 is 0. The molecule has 23 heavy (non-hydrogen) atoms. The third-order valence-electron chi connectivity index (χ3n) is 4.23. The fourth-order valence-corrected chi connectivity index (χ4v) is 3.02. The van der Waals surface area contributed by atoms with Gasteiger partial charge in [0.1, 0.15) is 5.75 Å². The van der Waals surface area contributed by atoms with Crippen LogP contribution in [-0.2, 0) is 9.59 Å². The molecule has 0 radical (unpaired) electrons. The lowest BCUT2D eigenvalue weighted by Crippen LogP contribution is -2.30. The summed E-state index contributed by atoms with van der Waals surface area (Å²) in [5.74, 6) is -0.807. The number of para-hydroxylation sites is 2. The number of likely N-dealkylation sites (tertiary alicyclic amines) is 1. The molecule has 1 aliphatic rings. The molecular formula is C18H18N2O3. The predicted molar refractivity (Wildman–Crippen MR) is 86.8 cm³/mol. The normalized spacial score (nSPS) is 20.6. The van der Waals surface area contributed by atoms with E-state index in [-0.39, 0.29) is 30.0 Å². The van der Waals surface area contributed by atoms with Gasteiger partial charge in [-0.1, -0.05) is 42.5 Å². The lowest BCUT2D eigenvalue weighted by Gasteiger charge is -2.25. The molecule has 1 fully saturated rings. The molecule has 5 heteroatoms.